The summed E-state index contributed by atoms with van der Waals surface area (Å²) >= 11 is 0. The first-order valence-electron chi connectivity index (χ1n) is 12.0. The highest BCUT2D eigenvalue weighted by Crippen LogP contribution is 2.28. The van der Waals surface area contributed by atoms with Gasteiger partial charge >= 0.3 is 0 Å². The minimum absolute atomic E-state index is 0.274. The van der Waals surface area contributed by atoms with Crippen LogP contribution in [0.25, 0.3) is 22.6 Å². The molecule has 0 radical (unpaired) electrons. The van der Waals surface area contributed by atoms with E-state index in [0.717, 1.165) is 11.1 Å². The molecule has 2 amide bonds. The summed E-state index contributed by atoms with van der Waals surface area (Å²) in [6.45, 7) is 5.44. The molecule has 4 aromatic rings. The standard InChI is InChI=1S/C29H24N8O2/c1-18-4-5-21(35-28(39)20-8-11-32-24(14-20)29(2,3)17-31)16-22(18)23-9-13-34-27(36-23)19-7-12-33-25(15-19)37-26(38)6-10-30/h4-5,7-9,11-16H,6H2,1-3H3,(H,35,39)(H,33,37,38). The first kappa shape index (κ1) is 26.6. The van der Waals surface area contributed by atoms with Gasteiger partial charge in [0.05, 0.1) is 28.9 Å². The number of pyridine rings is 2. The maximum absolute atomic E-state index is 13.0. The van der Waals surface area contributed by atoms with Crippen LogP contribution in [-0.4, -0.2) is 31.8 Å². The second-order valence-electron chi connectivity index (χ2n) is 9.23. The first-order chi connectivity index (χ1) is 18.7. The molecule has 39 heavy (non-hydrogen) atoms. The van der Waals surface area contributed by atoms with E-state index < -0.39 is 11.3 Å². The zero-order valence-corrected chi connectivity index (χ0v) is 21.6. The van der Waals surface area contributed by atoms with Crippen LogP contribution < -0.4 is 10.6 Å². The van der Waals surface area contributed by atoms with Crippen LogP contribution in [0.15, 0.2) is 67.1 Å². The van der Waals surface area contributed by atoms with Gasteiger partial charge in [0.15, 0.2) is 5.82 Å². The number of nitrogens with zero attached hydrogens (tertiary/aromatic N) is 6. The van der Waals surface area contributed by atoms with E-state index in [4.69, 9.17) is 10.2 Å². The van der Waals surface area contributed by atoms with Crippen molar-refractivity contribution in [3.63, 3.8) is 0 Å². The third kappa shape index (κ3) is 6.27. The third-order valence-corrected chi connectivity index (χ3v) is 5.89. The quantitative estimate of drug-likeness (QED) is 0.354. The van der Waals surface area contributed by atoms with Crippen LogP contribution in [0, 0.1) is 29.6 Å². The van der Waals surface area contributed by atoms with Crippen LogP contribution >= 0.6 is 0 Å². The van der Waals surface area contributed by atoms with Crippen LogP contribution in [-0.2, 0) is 10.2 Å². The van der Waals surface area contributed by atoms with E-state index in [1.807, 2.05) is 19.1 Å². The van der Waals surface area contributed by atoms with E-state index in [2.05, 4.69) is 31.7 Å². The Morgan fingerprint density at radius 3 is 2.46 bits per heavy atom. The average molecular weight is 517 g/mol. The van der Waals surface area contributed by atoms with Crippen LogP contribution in [0.3, 0.4) is 0 Å². The minimum Gasteiger partial charge on any atom is -0.322 e. The number of carbonyl (C=O) groups is 2. The van der Waals surface area contributed by atoms with E-state index in [9.17, 15) is 14.9 Å². The van der Waals surface area contributed by atoms with Crippen LogP contribution in [0.1, 0.15) is 41.9 Å². The number of hydrogen-bond donors (Lipinski definition) is 2. The van der Waals surface area contributed by atoms with Crippen molar-refractivity contribution in [1.29, 1.82) is 10.5 Å². The Bertz CT molecular complexity index is 1650. The van der Waals surface area contributed by atoms with E-state index in [1.54, 1.807) is 62.5 Å². The average Bonchev–Trinajstić information content (AvgIpc) is 2.94. The molecule has 0 fully saturated rings. The highest BCUT2D eigenvalue weighted by atomic mass is 16.2. The smallest absolute Gasteiger partial charge is 0.255 e. The van der Waals surface area contributed by atoms with Crippen LogP contribution in [0.2, 0.25) is 0 Å². The zero-order chi connectivity index (χ0) is 28.0. The van der Waals surface area contributed by atoms with Crippen LogP contribution in [0.5, 0.6) is 0 Å². The van der Waals surface area contributed by atoms with Gasteiger partial charge in [0.1, 0.15) is 12.2 Å². The van der Waals surface area contributed by atoms with E-state index in [0.29, 0.717) is 39.8 Å². The molecule has 0 aliphatic carbocycles. The monoisotopic (exact) mass is 516 g/mol. The predicted molar refractivity (Wildman–Crippen MR) is 145 cm³/mol. The Kier molecular flexibility index (Phi) is 7.69. The molecular formula is C29H24N8O2. The third-order valence-electron chi connectivity index (χ3n) is 5.89. The molecule has 0 aliphatic rings. The Morgan fingerprint density at radius 1 is 0.923 bits per heavy atom. The van der Waals surface area contributed by atoms with Gasteiger partial charge in [0.2, 0.25) is 5.91 Å². The summed E-state index contributed by atoms with van der Waals surface area (Å²) in [5.74, 6) is -0.0691. The van der Waals surface area contributed by atoms with Gasteiger partial charge in [-0.2, -0.15) is 10.5 Å². The number of aromatic nitrogens is 4. The fourth-order valence-corrected chi connectivity index (χ4v) is 3.69. The Balaban J connectivity index is 1.59. The van der Waals surface area contributed by atoms with E-state index in [1.165, 1.54) is 12.4 Å². The van der Waals surface area contributed by atoms with Crippen molar-refractivity contribution in [3.8, 4) is 34.8 Å². The Labute approximate surface area is 225 Å². The Hall–Kier alpha value is -5.48. The van der Waals surface area contributed by atoms with Crippen molar-refractivity contribution < 1.29 is 9.59 Å². The van der Waals surface area contributed by atoms with Crippen molar-refractivity contribution in [2.24, 2.45) is 0 Å². The Morgan fingerprint density at radius 2 is 1.69 bits per heavy atom. The fourth-order valence-electron chi connectivity index (χ4n) is 3.69. The first-order valence-corrected chi connectivity index (χ1v) is 12.0. The van der Waals surface area contributed by atoms with Gasteiger partial charge in [-0.05, 0) is 68.8 Å². The number of aryl methyl sites for hydroxylation is 1. The SMILES string of the molecule is Cc1ccc(NC(=O)c2ccnc(C(C)(C)C#N)c2)cc1-c1ccnc(-c2ccnc(NC(=O)CC#N)c2)n1. The summed E-state index contributed by atoms with van der Waals surface area (Å²) in [5.41, 5.74) is 3.68. The molecule has 3 heterocycles. The second kappa shape index (κ2) is 11.3. The molecule has 2 N–H and O–H groups in total. The predicted octanol–water partition coefficient (Wildman–Crippen LogP) is 4.81. The van der Waals surface area contributed by atoms with Crippen molar-refractivity contribution >= 4 is 23.3 Å². The summed E-state index contributed by atoms with van der Waals surface area (Å²) < 4.78 is 0. The number of nitrogens with one attached hydrogen (secondary N) is 2. The molecule has 0 bridgehead atoms. The van der Waals surface area contributed by atoms with Gasteiger partial charge in [0.25, 0.3) is 5.91 Å². The molecule has 0 spiro atoms. The molecule has 10 heteroatoms. The van der Waals surface area contributed by atoms with Gasteiger partial charge in [0, 0.05) is 41.0 Å². The molecule has 192 valence electrons. The lowest BCUT2D eigenvalue weighted by molar-refractivity contribution is -0.115. The largest absolute Gasteiger partial charge is 0.322 e. The second-order valence-corrected chi connectivity index (χ2v) is 9.23. The van der Waals surface area contributed by atoms with Crippen molar-refractivity contribution in [2.45, 2.75) is 32.6 Å². The molecular weight excluding hydrogens is 492 g/mol. The van der Waals surface area contributed by atoms with E-state index >= 15 is 0 Å². The van der Waals surface area contributed by atoms with Gasteiger partial charge < -0.3 is 10.6 Å². The highest BCUT2D eigenvalue weighted by Gasteiger charge is 2.22. The van der Waals surface area contributed by atoms with Crippen molar-refractivity contribution in [2.75, 3.05) is 10.6 Å². The maximum Gasteiger partial charge on any atom is 0.255 e. The molecule has 0 saturated heterocycles. The molecule has 10 nitrogen and oxygen atoms in total. The number of nitriles is 2. The molecule has 0 unspecified atom stereocenters. The number of anilines is 2. The van der Waals surface area contributed by atoms with E-state index in [-0.39, 0.29) is 12.3 Å². The summed E-state index contributed by atoms with van der Waals surface area (Å²) in [6.07, 6.45) is 4.40. The van der Waals surface area contributed by atoms with Gasteiger partial charge in [-0.15, -0.1) is 0 Å². The minimum atomic E-state index is -0.824. The lowest BCUT2D eigenvalue weighted by Gasteiger charge is -2.15. The van der Waals surface area contributed by atoms with Crippen LogP contribution in [0.4, 0.5) is 11.5 Å². The highest BCUT2D eigenvalue weighted by molar-refractivity contribution is 6.04. The molecule has 0 aliphatic heterocycles. The topological polar surface area (TPSA) is 157 Å². The molecule has 3 aromatic heterocycles. The van der Waals surface area contributed by atoms with Gasteiger partial charge in [-0.25, -0.2) is 15.0 Å². The molecule has 4 rings (SSSR count). The molecule has 0 saturated carbocycles. The number of amides is 2. The van der Waals surface area contributed by atoms with Crippen molar-refractivity contribution in [1.82, 2.24) is 19.9 Å². The number of rotatable bonds is 7. The lowest BCUT2D eigenvalue weighted by atomic mass is 9.90. The van der Waals surface area contributed by atoms with Gasteiger partial charge in [-0.1, -0.05) is 6.07 Å². The molecule has 1 aromatic carbocycles. The number of benzene rings is 1. The normalized spacial score (nSPS) is 10.7. The summed E-state index contributed by atoms with van der Waals surface area (Å²) in [6, 6.07) is 17.9. The number of hydrogen-bond acceptors (Lipinski definition) is 8. The lowest BCUT2D eigenvalue weighted by Crippen LogP contribution is -2.18. The summed E-state index contributed by atoms with van der Waals surface area (Å²) in [5, 5.41) is 23.6. The summed E-state index contributed by atoms with van der Waals surface area (Å²) in [7, 11) is 0. The summed E-state index contributed by atoms with van der Waals surface area (Å²) in [4.78, 5) is 42.2. The number of carbonyl (C=O) groups excluding carboxylic acids is 2. The fraction of sp³-hybridized carbons (Fsp3) is 0.172. The van der Waals surface area contributed by atoms with Crippen molar-refractivity contribution in [3.05, 3.63) is 83.9 Å². The van der Waals surface area contributed by atoms with Gasteiger partial charge in [-0.3, -0.25) is 14.6 Å². The molecule has 0 atom stereocenters. The zero-order valence-electron chi connectivity index (χ0n) is 21.6. The maximum atomic E-state index is 13.0.